The summed E-state index contributed by atoms with van der Waals surface area (Å²) in [5.41, 5.74) is 3.19. The summed E-state index contributed by atoms with van der Waals surface area (Å²) in [5, 5.41) is 18.3. The van der Waals surface area contributed by atoms with Gasteiger partial charge in [-0.2, -0.15) is 0 Å². The summed E-state index contributed by atoms with van der Waals surface area (Å²) in [6.45, 7) is 3.87. The standard InChI is InChI=1S/C15H18N2O3/c1-9-8-13(19-3)10(2)7-11(9)15(18)12-5-6-14(20-4)17-16-12/h5-8,15,18H,1-4H3. The molecule has 2 rings (SSSR count). The first kappa shape index (κ1) is 14.3. The molecule has 1 aromatic carbocycles. The largest absolute Gasteiger partial charge is 0.496 e. The maximum atomic E-state index is 10.4. The van der Waals surface area contributed by atoms with Crippen LogP contribution >= 0.6 is 0 Å². The molecule has 1 aromatic heterocycles. The molecule has 0 aliphatic rings. The van der Waals surface area contributed by atoms with Crippen LogP contribution in [0, 0.1) is 13.8 Å². The van der Waals surface area contributed by atoms with E-state index in [0.29, 0.717) is 11.6 Å². The average molecular weight is 274 g/mol. The number of benzene rings is 1. The second-order valence-electron chi connectivity index (χ2n) is 4.58. The molecule has 0 spiro atoms. The third kappa shape index (κ3) is 2.72. The summed E-state index contributed by atoms with van der Waals surface area (Å²) in [4.78, 5) is 0. The smallest absolute Gasteiger partial charge is 0.233 e. The summed E-state index contributed by atoms with van der Waals surface area (Å²) < 4.78 is 10.2. The molecule has 1 heterocycles. The van der Waals surface area contributed by atoms with Gasteiger partial charge in [-0.1, -0.05) is 0 Å². The molecule has 1 unspecified atom stereocenters. The Hall–Kier alpha value is -2.14. The van der Waals surface area contributed by atoms with Crippen LogP contribution in [0.5, 0.6) is 11.6 Å². The van der Waals surface area contributed by atoms with Crippen LogP contribution in [0.2, 0.25) is 0 Å². The second kappa shape index (κ2) is 5.88. The highest BCUT2D eigenvalue weighted by Crippen LogP contribution is 2.29. The molecule has 0 fully saturated rings. The predicted octanol–water partition coefficient (Wildman–Crippen LogP) is 2.19. The SMILES string of the molecule is COc1ccc(C(O)c2cc(C)c(OC)cc2C)nn1. The van der Waals surface area contributed by atoms with E-state index in [-0.39, 0.29) is 0 Å². The fourth-order valence-electron chi connectivity index (χ4n) is 2.07. The Balaban J connectivity index is 2.36. The lowest BCUT2D eigenvalue weighted by molar-refractivity contribution is 0.212. The quantitative estimate of drug-likeness (QED) is 0.926. The van der Waals surface area contributed by atoms with Gasteiger partial charge in [0.1, 0.15) is 11.9 Å². The molecule has 0 bridgehead atoms. The Morgan fingerprint density at radius 3 is 2.30 bits per heavy atom. The maximum absolute atomic E-state index is 10.4. The molecule has 1 N–H and O–H groups in total. The van der Waals surface area contributed by atoms with Gasteiger partial charge in [0, 0.05) is 6.07 Å². The summed E-state index contributed by atoms with van der Waals surface area (Å²) in [6.07, 6.45) is -0.821. The van der Waals surface area contributed by atoms with E-state index in [1.165, 1.54) is 7.11 Å². The molecule has 106 valence electrons. The molecule has 0 aliphatic heterocycles. The summed E-state index contributed by atoms with van der Waals surface area (Å²) in [5.74, 6) is 1.22. The molecule has 0 saturated carbocycles. The number of methoxy groups -OCH3 is 2. The summed E-state index contributed by atoms with van der Waals surface area (Å²) >= 11 is 0. The van der Waals surface area contributed by atoms with E-state index in [1.54, 1.807) is 19.2 Å². The van der Waals surface area contributed by atoms with Gasteiger partial charge in [-0.3, -0.25) is 0 Å². The van der Waals surface area contributed by atoms with Crippen LogP contribution in [0.1, 0.15) is 28.5 Å². The minimum absolute atomic E-state index is 0.420. The Morgan fingerprint density at radius 1 is 1.00 bits per heavy atom. The molecule has 5 nitrogen and oxygen atoms in total. The third-order valence-electron chi connectivity index (χ3n) is 3.23. The molecule has 5 heteroatoms. The van der Waals surface area contributed by atoms with Gasteiger partial charge in [0.2, 0.25) is 5.88 Å². The van der Waals surface area contributed by atoms with E-state index in [1.807, 2.05) is 26.0 Å². The van der Waals surface area contributed by atoms with Crippen LogP contribution in [0.15, 0.2) is 24.3 Å². The lowest BCUT2D eigenvalue weighted by Crippen LogP contribution is -2.06. The van der Waals surface area contributed by atoms with Gasteiger partial charge in [0.05, 0.1) is 19.9 Å². The highest BCUT2D eigenvalue weighted by atomic mass is 16.5. The van der Waals surface area contributed by atoms with Crippen LogP contribution in [0.3, 0.4) is 0 Å². The number of aliphatic hydroxyl groups is 1. The Labute approximate surface area is 118 Å². The monoisotopic (exact) mass is 274 g/mol. The average Bonchev–Trinajstić information content (AvgIpc) is 2.48. The number of hydrogen-bond donors (Lipinski definition) is 1. The second-order valence-corrected chi connectivity index (χ2v) is 4.58. The number of aliphatic hydroxyl groups excluding tert-OH is 1. The van der Waals surface area contributed by atoms with Crippen LogP contribution in [-0.4, -0.2) is 29.5 Å². The van der Waals surface area contributed by atoms with Crippen molar-refractivity contribution >= 4 is 0 Å². The first-order valence-electron chi connectivity index (χ1n) is 6.27. The van der Waals surface area contributed by atoms with Gasteiger partial charge in [-0.15, -0.1) is 10.2 Å². The van der Waals surface area contributed by atoms with Crippen LogP contribution in [0.25, 0.3) is 0 Å². The topological polar surface area (TPSA) is 64.5 Å². The first-order chi connectivity index (χ1) is 9.56. The van der Waals surface area contributed by atoms with E-state index in [9.17, 15) is 5.11 Å². The zero-order chi connectivity index (χ0) is 14.7. The first-order valence-corrected chi connectivity index (χ1v) is 6.27. The minimum atomic E-state index is -0.821. The summed E-state index contributed by atoms with van der Waals surface area (Å²) in [6, 6.07) is 7.20. The molecule has 0 radical (unpaired) electrons. The number of rotatable bonds is 4. The van der Waals surface area contributed by atoms with Crippen molar-refractivity contribution in [3.05, 3.63) is 46.6 Å². The third-order valence-corrected chi connectivity index (χ3v) is 3.23. The molecule has 2 aromatic rings. The van der Waals surface area contributed by atoms with Crippen molar-refractivity contribution in [1.82, 2.24) is 10.2 Å². The van der Waals surface area contributed by atoms with Gasteiger partial charge in [-0.05, 0) is 48.7 Å². The Kier molecular flexibility index (Phi) is 4.20. The van der Waals surface area contributed by atoms with Crippen molar-refractivity contribution in [1.29, 1.82) is 0 Å². The number of aromatic nitrogens is 2. The molecule has 0 aliphatic carbocycles. The van der Waals surface area contributed by atoms with Gasteiger partial charge < -0.3 is 14.6 Å². The van der Waals surface area contributed by atoms with Crippen LogP contribution < -0.4 is 9.47 Å². The number of nitrogens with zero attached hydrogens (tertiary/aromatic N) is 2. The number of aryl methyl sites for hydroxylation is 2. The van der Waals surface area contributed by atoms with E-state index in [4.69, 9.17) is 9.47 Å². The van der Waals surface area contributed by atoms with Crippen LogP contribution in [-0.2, 0) is 0 Å². The fraction of sp³-hybridized carbons (Fsp3) is 0.333. The van der Waals surface area contributed by atoms with E-state index in [0.717, 1.165) is 22.4 Å². The normalized spacial score (nSPS) is 12.1. The zero-order valence-electron chi connectivity index (χ0n) is 12.0. The molecule has 0 saturated heterocycles. The van der Waals surface area contributed by atoms with E-state index in [2.05, 4.69) is 10.2 Å². The van der Waals surface area contributed by atoms with Gasteiger partial charge in [0.25, 0.3) is 0 Å². The Morgan fingerprint density at radius 2 is 1.75 bits per heavy atom. The lowest BCUT2D eigenvalue weighted by Gasteiger charge is -2.16. The van der Waals surface area contributed by atoms with Gasteiger partial charge >= 0.3 is 0 Å². The van der Waals surface area contributed by atoms with Crippen molar-refractivity contribution in [2.75, 3.05) is 14.2 Å². The van der Waals surface area contributed by atoms with Crippen molar-refractivity contribution < 1.29 is 14.6 Å². The molecule has 0 amide bonds. The van der Waals surface area contributed by atoms with Crippen molar-refractivity contribution in [3.63, 3.8) is 0 Å². The predicted molar refractivity (Wildman–Crippen MR) is 75.1 cm³/mol. The molecular formula is C15H18N2O3. The van der Waals surface area contributed by atoms with Gasteiger partial charge in [0.15, 0.2) is 0 Å². The highest BCUT2D eigenvalue weighted by Gasteiger charge is 2.17. The minimum Gasteiger partial charge on any atom is -0.496 e. The fourth-order valence-corrected chi connectivity index (χ4v) is 2.07. The number of hydrogen-bond acceptors (Lipinski definition) is 5. The molecular weight excluding hydrogens is 256 g/mol. The molecule has 20 heavy (non-hydrogen) atoms. The van der Waals surface area contributed by atoms with Crippen molar-refractivity contribution in [2.45, 2.75) is 20.0 Å². The summed E-state index contributed by atoms with van der Waals surface area (Å²) in [7, 11) is 3.16. The van der Waals surface area contributed by atoms with Crippen molar-refractivity contribution in [2.24, 2.45) is 0 Å². The van der Waals surface area contributed by atoms with Crippen molar-refractivity contribution in [3.8, 4) is 11.6 Å². The highest BCUT2D eigenvalue weighted by molar-refractivity contribution is 5.44. The van der Waals surface area contributed by atoms with Crippen LogP contribution in [0.4, 0.5) is 0 Å². The maximum Gasteiger partial charge on any atom is 0.233 e. The zero-order valence-corrected chi connectivity index (χ0v) is 12.0. The van der Waals surface area contributed by atoms with E-state index >= 15 is 0 Å². The van der Waals surface area contributed by atoms with Gasteiger partial charge in [-0.25, -0.2) is 0 Å². The lowest BCUT2D eigenvalue weighted by atomic mass is 9.98. The molecule has 1 atom stereocenters. The number of ether oxygens (including phenoxy) is 2. The Bertz CT molecular complexity index is 597. The van der Waals surface area contributed by atoms with E-state index < -0.39 is 6.10 Å².